The summed E-state index contributed by atoms with van der Waals surface area (Å²) in [4.78, 5) is 15.9. The maximum atomic E-state index is 12.0. The lowest BCUT2D eigenvalue weighted by Crippen LogP contribution is -2.20. The first-order valence-corrected chi connectivity index (χ1v) is 8.24. The van der Waals surface area contributed by atoms with Gasteiger partial charge in [-0.1, -0.05) is 24.3 Å². The lowest BCUT2D eigenvalue weighted by atomic mass is 10.2. The van der Waals surface area contributed by atoms with E-state index in [0.29, 0.717) is 12.3 Å². The van der Waals surface area contributed by atoms with Crippen molar-refractivity contribution in [2.75, 3.05) is 6.61 Å². The Bertz CT molecular complexity index is 940. The van der Waals surface area contributed by atoms with Crippen molar-refractivity contribution in [1.82, 2.24) is 20.1 Å². The predicted molar refractivity (Wildman–Crippen MR) is 99.8 cm³/mol. The summed E-state index contributed by atoms with van der Waals surface area (Å²) in [7, 11) is 0. The summed E-state index contributed by atoms with van der Waals surface area (Å²) in [6.07, 6.45) is 6.31. The molecule has 3 aromatic rings. The SMILES string of the molecule is N#CCOc1ccc(/C=C/C(=O)NCc2ccc(-n3cncn3)cc2)cc1. The number of amides is 1. The lowest BCUT2D eigenvalue weighted by molar-refractivity contribution is -0.116. The van der Waals surface area contributed by atoms with Crippen LogP contribution in [-0.2, 0) is 11.3 Å². The van der Waals surface area contributed by atoms with Crippen molar-refractivity contribution >= 4 is 12.0 Å². The molecule has 134 valence electrons. The smallest absolute Gasteiger partial charge is 0.244 e. The highest BCUT2D eigenvalue weighted by Gasteiger charge is 2.00. The van der Waals surface area contributed by atoms with Gasteiger partial charge >= 0.3 is 0 Å². The Hall–Kier alpha value is -3.92. The van der Waals surface area contributed by atoms with Gasteiger partial charge in [0.25, 0.3) is 0 Å². The molecule has 3 rings (SSSR count). The van der Waals surface area contributed by atoms with Gasteiger partial charge in [0, 0.05) is 12.6 Å². The number of hydrogen-bond acceptors (Lipinski definition) is 5. The Morgan fingerprint density at radius 3 is 2.63 bits per heavy atom. The van der Waals surface area contributed by atoms with Crippen molar-refractivity contribution in [2.45, 2.75) is 6.54 Å². The fraction of sp³-hybridized carbons (Fsp3) is 0.100. The van der Waals surface area contributed by atoms with E-state index in [4.69, 9.17) is 10.00 Å². The van der Waals surface area contributed by atoms with Crippen LogP contribution in [0.3, 0.4) is 0 Å². The van der Waals surface area contributed by atoms with E-state index >= 15 is 0 Å². The second-order valence-electron chi connectivity index (χ2n) is 5.57. The standard InChI is InChI=1S/C20H17N5O2/c21-11-12-27-19-8-3-16(4-9-19)5-10-20(26)23-13-17-1-6-18(7-2-17)25-15-22-14-24-25/h1-10,14-15H,12-13H2,(H,23,26)/b10-5+. The second-order valence-corrected chi connectivity index (χ2v) is 5.57. The first-order valence-electron chi connectivity index (χ1n) is 8.24. The van der Waals surface area contributed by atoms with Crippen LogP contribution in [0, 0.1) is 11.3 Å². The van der Waals surface area contributed by atoms with Gasteiger partial charge in [0.15, 0.2) is 6.61 Å². The molecule has 0 saturated carbocycles. The number of aromatic nitrogens is 3. The number of nitrogens with zero attached hydrogens (tertiary/aromatic N) is 4. The molecule has 1 amide bonds. The molecular formula is C20H17N5O2. The molecule has 1 aromatic heterocycles. The number of nitrogens with one attached hydrogen (secondary N) is 1. The van der Waals surface area contributed by atoms with Crippen LogP contribution in [0.5, 0.6) is 5.75 Å². The van der Waals surface area contributed by atoms with Gasteiger partial charge in [0.05, 0.1) is 5.69 Å². The second kappa shape index (κ2) is 8.97. The number of ether oxygens (including phenoxy) is 1. The number of benzene rings is 2. The Balaban J connectivity index is 1.49. The van der Waals surface area contributed by atoms with E-state index in [1.807, 2.05) is 42.5 Å². The fourth-order valence-corrected chi connectivity index (χ4v) is 2.32. The maximum absolute atomic E-state index is 12.0. The van der Waals surface area contributed by atoms with Gasteiger partial charge in [-0.2, -0.15) is 10.4 Å². The molecule has 27 heavy (non-hydrogen) atoms. The van der Waals surface area contributed by atoms with Crippen LogP contribution < -0.4 is 10.1 Å². The van der Waals surface area contributed by atoms with Gasteiger partial charge in [-0.3, -0.25) is 4.79 Å². The van der Waals surface area contributed by atoms with Gasteiger partial charge in [-0.05, 0) is 41.5 Å². The molecule has 0 aliphatic rings. The minimum atomic E-state index is -0.180. The number of carbonyl (C=O) groups is 1. The highest BCUT2D eigenvalue weighted by Crippen LogP contribution is 2.13. The van der Waals surface area contributed by atoms with Crippen molar-refractivity contribution in [3.05, 3.63) is 78.4 Å². The molecule has 0 bridgehead atoms. The predicted octanol–water partition coefficient (Wildman–Crippen LogP) is 2.50. The number of hydrogen-bond donors (Lipinski definition) is 1. The summed E-state index contributed by atoms with van der Waals surface area (Å²) < 4.78 is 6.85. The lowest BCUT2D eigenvalue weighted by Gasteiger charge is -2.05. The van der Waals surface area contributed by atoms with Gasteiger partial charge in [-0.25, -0.2) is 9.67 Å². The van der Waals surface area contributed by atoms with Crippen molar-refractivity contribution in [3.63, 3.8) is 0 Å². The minimum absolute atomic E-state index is 0.0113. The van der Waals surface area contributed by atoms with E-state index in [0.717, 1.165) is 16.8 Å². The van der Waals surface area contributed by atoms with Crippen molar-refractivity contribution < 1.29 is 9.53 Å². The van der Waals surface area contributed by atoms with Crippen LogP contribution in [0.15, 0.2) is 67.3 Å². The monoisotopic (exact) mass is 359 g/mol. The first kappa shape index (κ1) is 17.9. The van der Waals surface area contributed by atoms with E-state index in [9.17, 15) is 4.79 Å². The quantitative estimate of drug-likeness (QED) is 0.654. The Labute approximate surface area is 156 Å². The van der Waals surface area contributed by atoms with E-state index in [-0.39, 0.29) is 12.5 Å². The van der Waals surface area contributed by atoms with Crippen molar-refractivity contribution in [3.8, 4) is 17.5 Å². The molecule has 7 nitrogen and oxygen atoms in total. The van der Waals surface area contributed by atoms with Gasteiger partial charge in [0.2, 0.25) is 5.91 Å². The molecule has 0 atom stereocenters. The number of rotatable bonds is 7. The van der Waals surface area contributed by atoms with E-state index in [2.05, 4.69) is 15.4 Å². The minimum Gasteiger partial charge on any atom is -0.479 e. The summed E-state index contributed by atoms with van der Waals surface area (Å²) in [5.74, 6) is 0.438. The average molecular weight is 359 g/mol. The van der Waals surface area contributed by atoms with Crippen LogP contribution in [0.25, 0.3) is 11.8 Å². The average Bonchev–Trinajstić information content (AvgIpc) is 3.25. The van der Waals surface area contributed by atoms with Crippen LogP contribution in [0.1, 0.15) is 11.1 Å². The zero-order chi connectivity index (χ0) is 18.9. The molecule has 1 heterocycles. The topological polar surface area (TPSA) is 92.8 Å². The van der Waals surface area contributed by atoms with Crippen LogP contribution in [0.4, 0.5) is 0 Å². The van der Waals surface area contributed by atoms with Crippen LogP contribution in [-0.4, -0.2) is 27.3 Å². The molecule has 7 heteroatoms. The molecule has 1 N–H and O–H groups in total. The molecule has 0 spiro atoms. The highest BCUT2D eigenvalue weighted by molar-refractivity contribution is 5.91. The molecule has 0 radical (unpaired) electrons. The van der Waals surface area contributed by atoms with Crippen LogP contribution >= 0.6 is 0 Å². The molecule has 0 aliphatic carbocycles. The zero-order valence-electron chi connectivity index (χ0n) is 14.4. The number of carbonyl (C=O) groups excluding carboxylic acids is 1. The molecular weight excluding hydrogens is 342 g/mol. The Kier molecular flexibility index (Phi) is 5.94. The third-order valence-electron chi connectivity index (χ3n) is 3.70. The van der Waals surface area contributed by atoms with E-state index in [1.54, 1.807) is 29.2 Å². The van der Waals surface area contributed by atoms with E-state index in [1.165, 1.54) is 12.4 Å². The molecule has 0 saturated heterocycles. The van der Waals surface area contributed by atoms with E-state index < -0.39 is 0 Å². The Morgan fingerprint density at radius 2 is 1.96 bits per heavy atom. The number of nitriles is 1. The Morgan fingerprint density at radius 1 is 1.19 bits per heavy atom. The largest absolute Gasteiger partial charge is 0.479 e. The fourth-order valence-electron chi connectivity index (χ4n) is 2.32. The summed E-state index contributed by atoms with van der Waals surface area (Å²) in [6, 6.07) is 16.8. The maximum Gasteiger partial charge on any atom is 0.244 e. The van der Waals surface area contributed by atoms with Gasteiger partial charge in [-0.15, -0.1) is 0 Å². The third-order valence-corrected chi connectivity index (χ3v) is 3.70. The molecule has 2 aromatic carbocycles. The van der Waals surface area contributed by atoms with Gasteiger partial charge in [0.1, 0.15) is 24.5 Å². The summed E-state index contributed by atoms with van der Waals surface area (Å²) >= 11 is 0. The normalized spacial score (nSPS) is 10.5. The first-order chi connectivity index (χ1) is 13.2. The third kappa shape index (κ3) is 5.28. The summed E-state index contributed by atoms with van der Waals surface area (Å²) in [5.41, 5.74) is 2.76. The van der Waals surface area contributed by atoms with Crippen LogP contribution in [0.2, 0.25) is 0 Å². The van der Waals surface area contributed by atoms with Gasteiger partial charge < -0.3 is 10.1 Å². The summed E-state index contributed by atoms with van der Waals surface area (Å²) in [6.45, 7) is 0.444. The molecule has 0 unspecified atom stereocenters. The molecule has 0 aliphatic heterocycles. The van der Waals surface area contributed by atoms with Crippen molar-refractivity contribution in [1.29, 1.82) is 5.26 Å². The zero-order valence-corrected chi connectivity index (χ0v) is 14.4. The molecule has 0 fully saturated rings. The van der Waals surface area contributed by atoms with Crippen molar-refractivity contribution in [2.24, 2.45) is 0 Å². The highest BCUT2D eigenvalue weighted by atomic mass is 16.5. The summed E-state index contributed by atoms with van der Waals surface area (Å²) in [5, 5.41) is 15.4.